The largest absolute Gasteiger partial charge is 0.386 e. The van der Waals surface area contributed by atoms with E-state index in [1.807, 2.05) is 26.1 Å². The lowest BCUT2D eigenvalue weighted by atomic mass is 9.99. The van der Waals surface area contributed by atoms with E-state index in [1.54, 1.807) is 35.8 Å². The zero-order valence-electron chi connectivity index (χ0n) is 15.0. The van der Waals surface area contributed by atoms with Crippen LogP contribution in [0.1, 0.15) is 30.3 Å². The second kappa shape index (κ2) is 9.48. The number of aromatic nitrogens is 1. The van der Waals surface area contributed by atoms with Gasteiger partial charge in [-0.15, -0.1) is 0 Å². The van der Waals surface area contributed by atoms with Crippen LogP contribution in [0.2, 0.25) is 0 Å². The minimum absolute atomic E-state index is 0.123. The molecule has 0 radical (unpaired) electrons. The van der Waals surface area contributed by atoms with Gasteiger partial charge in [0.25, 0.3) is 5.91 Å². The Kier molecular flexibility index (Phi) is 7.32. The van der Waals surface area contributed by atoms with Crippen LogP contribution in [-0.2, 0) is 4.79 Å². The van der Waals surface area contributed by atoms with E-state index in [0.717, 1.165) is 16.8 Å². The van der Waals surface area contributed by atoms with E-state index >= 15 is 0 Å². The first-order chi connectivity index (χ1) is 12.9. The summed E-state index contributed by atoms with van der Waals surface area (Å²) in [4.78, 5) is 15.4. The van der Waals surface area contributed by atoms with Gasteiger partial charge in [-0.3, -0.25) is 9.78 Å². The molecular weight excluding hydrogens is 359 g/mol. The summed E-state index contributed by atoms with van der Waals surface area (Å²) in [5, 5.41) is 15.1. The molecule has 27 heavy (non-hydrogen) atoms. The zero-order valence-corrected chi connectivity index (χ0v) is 15.0. The van der Waals surface area contributed by atoms with E-state index in [0.29, 0.717) is 5.56 Å². The number of aliphatic hydroxyl groups excluding tert-OH is 1. The van der Waals surface area contributed by atoms with Crippen molar-refractivity contribution in [3.8, 4) is 11.1 Å². The third-order valence-electron chi connectivity index (χ3n) is 4.32. The highest BCUT2D eigenvalue weighted by molar-refractivity contribution is 5.79. The van der Waals surface area contributed by atoms with Gasteiger partial charge in [-0.25, -0.2) is 4.39 Å². The van der Waals surface area contributed by atoms with Crippen LogP contribution in [0.4, 0.5) is 13.2 Å². The Morgan fingerprint density at radius 2 is 1.78 bits per heavy atom. The number of benzene rings is 1. The van der Waals surface area contributed by atoms with E-state index in [2.05, 4.69) is 10.3 Å². The van der Waals surface area contributed by atoms with Crippen molar-refractivity contribution in [3.63, 3.8) is 0 Å². The van der Waals surface area contributed by atoms with Crippen LogP contribution in [0.3, 0.4) is 0 Å². The zero-order chi connectivity index (χ0) is 20.0. The van der Waals surface area contributed by atoms with Crippen LogP contribution < -0.4 is 10.6 Å². The summed E-state index contributed by atoms with van der Waals surface area (Å²) in [5.74, 6) is -1.62. The molecule has 1 aromatic heterocycles. The molecule has 0 bridgehead atoms. The van der Waals surface area contributed by atoms with E-state index in [1.165, 1.54) is 0 Å². The fourth-order valence-corrected chi connectivity index (χ4v) is 2.53. The second-order valence-corrected chi connectivity index (χ2v) is 6.12. The molecule has 146 valence electrons. The normalized spacial score (nSPS) is 14.6. The highest BCUT2D eigenvalue weighted by atomic mass is 19.3. The number of alkyl halides is 3. The Morgan fingerprint density at radius 3 is 2.26 bits per heavy atom. The molecule has 1 amide bonds. The number of nitrogens with one attached hydrogen (secondary N) is 2. The Hall–Kier alpha value is -2.45. The molecule has 0 aliphatic rings. The minimum atomic E-state index is -3.27. The first-order valence-corrected chi connectivity index (χ1v) is 8.43. The van der Waals surface area contributed by atoms with Crippen LogP contribution in [0.5, 0.6) is 0 Å². The highest BCUT2D eigenvalue weighted by Crippen LogP contribution is 2.24. The highest BCUT2D eigenvalue weighted by Gasteiger charge is 2.26. The second-order valence-electron chi connectivity index (χ2n) is 6.12. The van der Waals surface area contributed by atoms with Gasteiger partial charge in [0, 0.05) is 17.8 Å². The van der Waals surface area contributed by atoms with Crippen molar-refractivity contribution in [1.82, 2.24) is 15.6 Å². The Labute approximate surface area is 155 Å². The van der Waals surface area contributed by atoms with Gasteiger partial charge < -0.3 is 15.7 Å². The number of halogens is 3. The van der Waals surface area contributed by atoms with E-state index < -0.39 is 31.2 Å². The summed E-state index contributed by atoms with van der Waals surface area (Å²) in [6.07, 6.45) is -2.99. The molecule has 0 fully saturated rings. The van der Waals surface area contributed by atoms with Crippen molar-refractivity contribution in [3.05, 3.63) is 53.9 Å². The minimum Gasteiger partial charge on any atom is -0.386 e. The summed E-state index contributed by atoms with van der Waals surface area (Å²) in [6.45, 7) is 0.822. The SMILES string of the molecule is CNC(C)c1ccc(-c2ccc([C@H](O)[C@@H](CF)NC(=O)C(F)F)cc2)cn1. The molecule has 0 aliphatic carbocycles. The number of aliphatic hydroxyl groups is 1. The lowest BCUT2D eigenvalue weighted by Crippen LogP contribution is -2.43. The number of carbonyl (C=O) groups excluding carboxylic acids is 1. The molecule has 5 nitrogen and oxygen atoms in total. The van der Waals surface area contributed by atoms with Crippen molar-refractivity contribution in [2.45, 2.75) is 31.5 Å². The van der Waals surface area contributed by atoms with Crippen molar-refractivity contribution in [2.24, 2.45) is 0 Å². The molecule has 8 heteroatoms. The van der Waals surface area contributed by atoms with Gasteiger partial charge in [0.2, 0.25) is 0 Å². The first kappa shape index (κ1) is 20.9. The molecule has 1 heterocycles. The predicted octanol–water partition coefficient (Wildman–Crippen LogP) is 2.78. The van der Waals surface area contributed by atoms with Crippen LogP contribution in [0.25, 0.3) is 11.1 Å². The fraction of sp³-hybridized carbons (Fsp3) is 0.368. The fourth-order valence-electron chi connectivity index (χ4n) is 2.53. The van der Waals surface area contributed by atoms with Gasteiger partial charge in [-0.2, -0.15) is 8.78 Å². The predicted molar refractivity (Wildman–Crippen MR) is 96.0 cm³/mol. The smallest absolute Gasteiger partial charge is 0.315 e. The van der Waals surface area contributed by atoms with Gasteiger partial charge in [0.1, 0.15) is 12.8 Å². The Morgan fingerprint density at radius 1 is 1.15 bits per heavy atom. The number of pyridine rings is 1. The molecule has 2 aromatic rings. The molecule has 0 aliphatic heterocycles. The van der Waals surface area contributed by atoms with Crippen molar-refractivity contribution < 1.29 is 23.1 Å². The van der Waals surface area contributed by atoms with Gasteiger partial charge in [-0.05, 0) is 31.2 Å². The maximum Gasteiger partial charge on any atom is 0.315 e. The molecule has 3 atom stereocenters. The van der Waals surface area contributed by atoms with Crippen LogP contribution in [0, 0.1) is 0 Å². The van der Waals surface area contributed by atoms with Crippen molar-refractivity contribution in [2.75, 3.05) is 13.7 Å². The number of amides is 1. The maximum atomic E-state index is 13.1. The topological polar surface area (TPSA) is 74.2 Å². The summed E-state index contributed by atoms with van der Waals surface area (Å²) >= 11 is 0. The molecule has 0 spiro atoms. The number of carbonyl (C=O) groups is 1. The summed E-state index contributed by atoms with van der Waals surface area (Å²) in [5.41, 5.74) is 2.89. The van der Waals surface area contributed by atoms with Gasteiger partial charge in [0.15, 0.2) is 0 Å². The monoisotopic (exact) mass is 381 g/mol. The maximum absolute atomic E-state index is 13.1. The molecule has 3 N–H and O–H groups in total. The number of hydrogen-bond acceptors (Lipinski definition) is 4. The van der Waals surface area contributed by atoms with Gasteiger partial charge in [-0.1, -0.05) is 30.3 Å². The summed E-state index contributed by atoms with van der Waals surface area (Å²) in [6, 6.07) is 9.02. The molecular formula is C19H22F3N3O2. The number of rotatable bonds is 8. The third kappa shape index (κ3) is 5.27. The molecule has 1 unspecified atom stereocenters. The third-order valence-corrected chi connectivity index (χ3v) is 4.32. The van der Waals surface area contributed by atoms with E-state index in [9.17, 15) is 23.1 Å². The van der Waals surface area contributed by atoms with E-state index in [-0.39, 0.29) is 6.04 Å². The summed E-state index contributed by atoms with van der Waals surface area (Å²) < 4.78 is 37.7. The quantitative estimate of drug-likeness (QED) is 0.657. The lowest BCUT2D eigenvalue weighted by molar-refractivity contribution is -0.133. The Balaban J connectivity index is 2.12. The summed E-state index contributed by atoms with van der Waals surface area (Å²) in [7, 11) is 1.85. The van der Waals surface area contributed by atoms with Crippen molar-refractivity contribution in [1.29, 1.82) is 0 Å². The van der Waals surface area contributed by atoms with Crippen LogP contribution in [-0.4, -0.2) is 42.2 Å². The Bertz CT molecular complexity index is 739. The molecule has 1 aromatic carbocycles. The molecule has 0 saturated carbocycles. The van der Waals surface area contributed by atoms with E-state index in [4.69, 9.17) is 0 Å². The average Bonchev–Trinajstić information content (AvgIpc) is 2.70. The first-order valence-electron chi connectivity index (χ1n) is 8.43. The van der Waals surface area contributed by atoms with Gasteiger partial charge >= 0.3 is 6.43 Å². The van der Waals surface area contributed by atoms with Crippen molar-refractivity contribution >= 4 is 5.91 Å². The molecule has 0 saturated heterocycles. The standard InChI is InChI=1S/C19H22F3N3O2/c1-11(23-2)15-8-7-14(10-24-15)12-3-5-13(6-4-12)17(26)16(9-20)25-19(27)18(21)22/h3-8,10-11,16-18,23,26H,9H2,1-2H3,(H,25,27)/t11?,16-,17+/m1/s1. The van der Waals surface area contributed by atoms with Crippen LogP contribution >= 0.6 is 0 Å². The van der Waals surface area contributed by atoms with Crippen LogP contribution in [0.15, 0.2) is 42.6 Å². The molecule has 2 rings (SSSR count). The number of hydrogen-bond donors (Lipinski definition) is 3. The average molecular weight is 381 g/mol. The number of nitrogens with zero attached hydrogens (tertiary/aromatic N) is 1. The van der Waals surface area contributed by atoms with Gasteiger partial charge in [0.05, 0.1) is 11.7 Å². The lowest BCUT2D eigenvalue weighted by Gasteiger charge is -2.22.